The molecule has 98 valence electrons. The van der Waals surface area contributed by atoms with Crippen molar-refractivity contribution in [1.82, 2.24) is 20.3 Å². The van der Waals surface area contributed by atoms with Crippen LogP contribution in [0.5, 0.6) is 0 Å². The number of hydrogen-bond acceptors (Lipinski definition) is 3. The van der Waals surface area contributed by atoms with Gasteiger partial charge in [0.2, 0.25) is 0 Å². The zero-order chi connectivity index (χ0) is 12.2. The molecule has 4 fully saturated rings. The summed E-state index contributed by atoms with van der Waals surface area (Å²) in [7, 11) is 2.00. The lowest BCUT2D eigenvalue weighted by Crippen LogP contribution is -2.52. The lowest BCUT2D eigenvalue weighted by Gasteiger charge is -2.56. The Bertz CT molecular complexity index is 415. The minimum atomic E-state index is 0.317. The van der Waals surface area contributed by atoms with E-state index in [0.29, 0.717) is 5.54 Å². The number of aromatic nitrogens is 3. The molecule has 0 atom stereocenters. The van der Waals surface area contributed by atoms with Gasteiger partial charge in [-0.15, -0.1) is 5.10 Å². The lowest BCUT2D eigenvalue weighted by molar-refractivity contribution is -0.0516. The second-order valence-electron chi connectivity index (χ2n) is 6.81. The normalized spacial score (nSPS) is 41.5. The Kier molecular flexibility index (Phi) is 2.31. The predicted octanol–water partition coefficient (Wildman–Crippen LogP) is 1.92. The van der Waals surface area contributed by atoms with Crippen molar-refractivity contribution in [3.05, 3.63) is 11.9 Å². The molecule has 4 aliphatic rings. The molecule has 18 heavy (non-hydrogen) atoms. The van der Waals surface area contributed by atoms with E-state index in [9.17, 15) is 0 Å². The summed E-state index contributed by atoms with van der Waals surface area (Å²) in [6, 6.07) is 0. The van der Waals surface area contributed by atoms with E-state index in [2.05, 4.69) is 20.3 Å². The van der Waals surface area contributed by atoms with E-state index >= 15 is 0 Å². The molecule has 1 aromatic rings. The molecule has 1 N–H and O–H groups in total. The molecule has 0 unspecified atom stereocenters. The zero-order valence-corrected chi connectivity index (χ0v) is 11.1. The Morgan fingerprint density at radius 1 is 1.22 bits per heavy atom. The number of nitrogens with zero attached hydrogens (tertiary/aromatic N) is 3. The van der Waals surface area contributed by atoms with Crippen LogP contribution in [0.2, 0.25) is 0 Å². The number of hydrogen-bond donors (Lipinski definition) is 1. The molecular formula is C14H22N4. The van der Waals surface area contributed by atoms with E-state index in [1.165, 1.54) is 44.2 Å². The second kappa shape index (κ2) is 3.80. The summed E-state index contributed by atoms with van der Waals surface area (Å²) in [5, 5.41) is 11.9. The number of rotatable bonds is 3. The van der Waals surface area contributed by atoms with Crippen LogP contribution >= 0.6 is 0 Å². The first-order chi connectivity index (χ1) is 8.79. The van der Waals surface area contributed by atoms with E-state index in [1.54, 1.807) is 0 Å². The highest BCUT2D eigenvalue weighted by Gasteiger charge is 2.52. The molecule has 4 aliphatic carbocycles. The molecule has 4 bridgehead atoms. The molecule has 1 aromatic heterocycles. The van der Waals surface area contributed by atoms with E-state index in [4.69, 9.17) is 0 Å². The molecule has 0 amide bonds. The molecule has 4 saturated carbocycles. The average molecular weight is 246 g/mol. The molecule has 0 saturated heterocycles. The quantitative estimate of drug-likeness (QED) is 0.886. The van der Waals surface area contributed by atoms with E-state index in [1.807, 2.05) is 13.2 Å². The molecule has 1 heterocycles. The highest BCUT2D eigenvalue weighted by atomic mass is 15.5. The zero-order valence-electron chi connectivity index (χ0n) is 11.1. The topological polar surface area (TPSA) is 42.7 Å². The Morgan fingerprint density at radius 2 is 1.83 bits per heavy atom. The summed E-state index contributed by atoms with van der Waals surface area (Å²) in [5.74, 6) is 2.88. The first-order valence-corrected chi connectivity index (χ1v) is 7.34. The van der Waals surface area contributed by atoms with Crippen LogP contribution in [0.4, 0.5) is 0 Å². The first kappa shape index (κ1) is 11.0. The smallest absolute Gasteiger partial charge is 0.0738 e. The Balaban J connectivity index is 1.72. The molecular weight excluding hydrogens is 224 g/mol. The van der Waals surface area contributed by atoms with Crippen LogP contribution < -0.4 is 5.32 Å². The Labute approximate surface area is 108 Å². The van der Waals surface area contributed by atoms with Crippen LogP contribution in [-0.4, -0.2) is 22.0 Å². The minimum Gasteiger partial charge on any atom is -0.314 e. The third-order valence-electron chi connectivity index (χ3n) is 5.43. The van der Waals surface area contributed by atoms with Gasteiger partial charge < -0.3 is 5.32 Å². The van der Waals surface area contributed by atoms with Crippen LogP contribution in [0.1, 0.15) is 44.2 Å². The molecule has 4 nitrogen and oxygen atoms in total. The highest BCUT2D eigenvalue weighted by molar-refractivity contribution is 5.08. The van der Waals surface area contributed by atoms with Crippen molar-refractivity contribution in [2.75, 3.05) is 7.05 Å². The van der Waals surface area contributed by atoms with Crippen LogP contribution in [0, 0.1) is 17.8 Å². The number of nitrogens with one attached hydrogen (secondary N) is 1. The van der Waals surface area contributed by atoms with Gasteiger partial charge in [0, 0.05) is 6.54 Å². The van der Waals surface area contributed by atoms with Crippen molar-refractivity contribution in [2.45, 2.75) is 50.6 Å². The summed E-state index contributed by atoms with van der Waals surface area (Å²) in [6.07, 6.45) is 10.4. The van der Waals surface area contributed by atoms with Crippen molar-refractivity contribution < 1.29 is 0 Å². The molecule has 0 radical (unpaired) electrons. The molecule has 0 spiro atoms. The van der Waals surface area contributed by atoms with Gasteiger partial charge in [0.25, 0.3) is 0 Å². The van der Waals surface area contributed by atoms with Gasteiger partial charge in [0.05, 0.1) is 17.4 Å². The SMILES string of the molecule is CNCc1cnnn1C12CC3CC(CC(C3)C1)C2. The van der Waals surface area contributed by atoms with E-state index < -0.39 is 0 Å². The van der Waals surface area contributed by atoms with Crippen molar-refractivity contribution in [1.29, 1.82) is 0 Å². The summed E-state index contributed by atoms with van der Waals surface area (Å²) >= 11 is 0. The largest absolute Gasteiger partial charge is 0.314 e. The maximum Gasteiger partial charge on any atom is 0.0738 e. The van der Waals surface area contributed by atoms with Gasteiger partial charge in [-0.05, 0) is 63.3 Å². The van der Waals surface area contributed by atoms with Crippen LogP contribution in [0.15, 0.2) is 6.20 Å². The molecule has 0 aliphatic heterocycles. The molecule has 4 heteroatoms. The molecule has 5 rings (SSSR count). The third-order valence-corrected chi connectivity index (χ3v) is 5.43. The van der Waals surface area contributed by atoms with E-state index in [-0.39, 0.29) is 0 Å². The standard InChI is InChI=1S/C14H22N4/c1-15-8-13-9-16-17-18(13)14-5-10-2-11(6-14)4-12(3-10)7-14/h9-12,15H,2-8H2,1H3. The van der Waals surface area contributed by atoms with Gasteiger partial charge >= 0.3 is 0 Å². The summed E-state index contributed by atoms with van der Waals surface area (Å²) < 4.78 is 2.29. The van der Waals surface area contributed by atoms with Crippen LogP contribution in [0.25, 0.3) is 0 Å². The maximum absolute atomic E-state index is 4.45. The van der Waals surface area contributed by atoms with Crippen LogP contribution in [-0.2, 0) is 12.1 Å². The van der Waals surface area contributed by atoms with Crippen molar-refractivity contribution >= 4 is 0 Å². The van der Waals surface area contributed by atoms with Crippen molar-refractivity contribution in [3.8, 4) is 0 Å². The van der Waals surface area contributed by atoms with Gasteiger partial charge in [-0.2, -0.15) is 0 Å². The summed E-state index contributed by atoms with van der Waals surface area (Å²) in [6.45, 7) is 0.884. The minimum absolute atomic E-state index is 0.317. The first-order valence-electron chi connectivity index (χ1n) is 7.34. The summed E-state index contributed by atoms with van der Waals surface area (Å²) in [4.78, 5) is 0. The van der Waals surface area contributed by atoms with E-state index in [0.717, 1.165) is 24.3 Å². The second-order valence-corrected chi connectivity index (χ2v) is 6.81. The monoisotopic (exact) mass is 246 g/mol. The highest BCUT2D eigenvalue weighted by Crippen LogP contribution is 2.58. The van der Waals surface area contributed by atoms with Crippen LogP contribution in [0.3, 0.4) is 0 Å². The Hall–Kier alpha value is -0.900. The van der Waals surface area contributed by atoms with Gasteiger partial charge in [0.15, 0.2) is 0 Å². The average Bonchev–Trinajstić information content (AvgIpc) is 2.76. The lowest BCUT2D eigenvalue weighted by atomic mass is 9.53. The third kappa shape index (κ3) is 1.48. The van der Waals surface area contributed by atoms with Crippen molar-refractivity contribution in [3.63, 3.8) is 0 Å². The predicted molar refractivity (Wildman–Crippen MR) is 68.9 cm³/mol. The van der Waals surface area contributed by atoms with Crippen molar-refractivity contribution in [2.24, 2.45) is 17.8 Å². The fourth-order valence-corrected chi connectivity index (χ4v) is 5.28. The fraction of sp³-hybridized carbons (Fsp3) is 0.857. The Morgan fingerprint density at radius 3 is 2.39 bits per heavy atom. The fourth-order valence-electron chi connectivity index (χ4n) is 5.28. The van der Waals surface area contributed by atoms with Gasteiger partial charge in [-0.25, -0.2) is 4.68 Å². The van der Waals surface area contributed by atoms with Gasteiger partial charge in [-0.1, -0.05) is 5.21 Å². The van der Waals surface area contributed by atoms with Gasteiger partial charge in [-0.3, -0.25) is 0 Å². The van der Waals surface area contributed by atoms with Gasteiger partial charge in [0.1, 0.15) is 0 Å². The summed E-state index contributed by atoms with van der Waals surface area (Å²) in [5.41, 5.74) is 1.58. The molecule has 0 aromatic carbocycles. The maximum atomic E-state index is 4.45.